The van der Waals surface area contributed by atoms with E-state index in [1.54, 1.807) is 0 Å². The zero-order valence-electron chi connectivity index (χ0n) is 12.2. The predicted molar refractivity (Wildman–Crippen MR) is 81.5 cm³/mol. The van der Waals surface area contributed by atoms with Gasteiger partial charge >= 0.3 is 0 Å². The molecule has 1 N–H and O–H groups in total. The lowest BCUT2D eigenvalue weighted by molar-refractivity contribution is 0.134. The first-order valence-corrected chi connectivity index (χ1v) is 7.47. The quantitative estimate of drug-likeness (QED) is 0.938. The van der Waals surface area contributed by atoms with Crippen LogP contribution in [-0.2, 0) is 24.4 Å². The van der Waals surface area contributed by atoms with Gasteiger partial charge in [0.2, 0.25) is 0 Å². The summed E-state index contributed by atoms with van der Waals surface area (Å²) >= 11 is 0. The number of ether oxygens (including phenoxy) is 2. The van der Waals surface area contributed by atoms with Crippen LogP contribution in [0, 0.1) is 0 Å². The highest BCUT2D eigenvalue weighted by Gasteiger charge is 2.19. The Morgan fingerprint density at radius 1 is 0.952 bits per heavy atom. The first-order valence-electron chi connectivity index (χ1n) is 7.47. The van der Waals surface area contributed by atoms with Crippen LogP contribution in [0.25, 0.3) is 0 Å². The maximum atomic E-state index is 5.60. The molecule has 3 nitrogen and oxygen atoms in total. The van der Waals surface area contributed by atoms with Crippen molar-refractivity contribution in [3.05, 3.63) is 64.2 Å². The average Bonchev–Trinajstić information content (AvgIpc) is 3.15. The summed E-state index contributed by atoms with van der Waals surface area (Å²) in [6.45, 7) is 2.28. The molecule has 108 valence electrons. The molecule has 0 aliphatic carbocycles. The van der Waals surface area contributed by atoms with Gasteiger partial charge in [0.25, 0.3) is 0 Å². The Balaban J connectivity index is 1.71. The maximum absolute atomic E-state index is 5.60. The van der Waals surface area contributed by atoms with Gasteiger partial charge in [0, 0.05) is 6.42 Å². The van der Waals surface area contributed by atoms with E-state index < -0.39 is 0 Å². The van der Waals surface area contributed by atoms with Gasteiger partial charge < -0.3 is 14.8 Å². The molecule has 2 aliphatic heterocycles. The van der Waals surface area contributed by atoms with Gasteiger partial charge in [-0.15, -0.1) is 0 Å². The van der Waals surface area contributed by atoms with Crippen LogP contribution in [0.3, 0.4) is 0 Å². The lowest BCUT2D eigenvalue weighted by atomic mass is 9.94. The minimum atomic E-state index is 0.210. The molecule has 2 aliphatic rings. The SMILES string of the molecule is CNC(c1ccc2c(c1)COC2)c1ccc2c(c1)CCO2. The van der Waals surface area contributed by atoms with E-state index in [1.807, 2.05) is 7.05 Å². The summed E-state index contributed by atoms with van der Waals surface area (Å²) in [5.74, 6) is 1.04. The topological polar surface area (TPSA) is 30.5 Å². The van der Waals surface area contributed by atoms with Gasteiger partial charge in [-0.3, -0.25) is 0 Å². The second-order valence-electron chi connectivity index (χ2n) is 5.71. The first kappa shape index (κ1) is 12.9. The van der Waals surface area contributed by atoms with Crippen molar-refractivity contribution in [3.8, 4) is 5.75 Å². The lowest BCUT2D eigenvalue weighted by Crippen LogP contribution is -2.18. The Morgan fingerprint density at radius 3 is 2.57 bits per heavy atom. The molecule has 1 unspecified atom stereocenters. The molecule has 0 amide bonds. The van der Waals surface area contributed by atoms with Crippen molar-refractivity contribution in [3.63, 3.8) is 0 Å². The molecule has 0 aromatic heterocycles. The van der Waals surface area contributed by atoms with Crippen molar-refractivity contribution in [2.24, 2.45) is 0 Å². The second-order valence-corrected chi connectivity index (χ2v) is 5.71. The molecule has 2 aromatic carbocycles. The van der Waals surface area contributed by atoms with Crippen LogP contribution < -0.4 is 10.1 Å². The highest BCUT2D eigenvalue weighted by atomic mass is 16.5. The minimum Gasteiger partial charge on any atom is -0.493 e. The number of benzene rings is 2. The summed E-state index contributed by atoms with van der Waals surface area (Å²) < 4.78 is 11.1. The lowest BCUT2D eigenvalue weighted by Gasteiger charge is -2.19. The third kappa shape index (κ3) is 2.23. The van der Waals surface area contributed by atoms with Crippen LogP contribution >= 0.6 is 0 Å². The maximum Gasteiger partial charge on any atom is 0.122 e. The number of hydrogen-bond acceptors (Lipinski definition) is 3. The Morgan fingerprint density at radius 2 is 1.71 bits per heavy atom. The van der Waals surface area contributed by atoms with Gasteiger partial charge in [0.1, 0.15) is 5.75 Å². The molecule has 0 radical (unpaired) electrons. The molecule has 2 heterocycles. The number of fused-ring (bicyclic) bond motifs is 2. The van der Waals surface area contributed by atoms with Gasteiger partial charge in [-0.1, -0.05) is 30.3 Å². The van der Waals surface area contributed by atoms with E-state index in [-0.39, 0.29) is 6.04 Å². The van der Waals surface area contributed by atoms with Crippen molar-refractivity contribution >= 4 is 0 Å². The molecule has 4 rings (SSSR count). The molecule has 0 bridgehead atoms. The van der Waals surface area contributed by atoms with Crippen LogP contribution in [-0.4, -0.2) is 13.7 Å². The fourth-order valence-electron chi connectivity index (χ4n) is 3.28. The van der Waals surface area contributed by atoms with Crippen molar-refractivity contribution in [2.45, 2.75) is 25.7 Å². The van der Waals surface area contributed by atoms with Crippen LogP contribution in [0.2, 0.25) is 0 Å². The van der Waals surface area contributed by atoms with E-state index in [9.17, 15) is 0 Å². The first-order chi connectivity index (χ1) is 10.3. The smallest absolute Gasteiger partial charge is 0.122 e. The van der Waals surface area contributed by atoms with Gasteiger partial charge in [-0.25, -0.2) is 0 Å². The van der Waals surface area contributed by atoms with Crippen LogP contribution in [0.4, 0.5) is 0 Å². The van der Waals surface area contributed by atoms with Crippen LogP contribution in [0.15, 0.2) is 36.4 Å². The Kier molecular flexibility index (Phi) is 3.17. The molecule has 0 fully saturated rings. The fourth-order valence-corrected chi connectivity index (χ4v) is 3.28. The molecule has 0 saturated carbocycles. The van der Waals surface area contributed by atoms with E-state index in [2.05, 4.69) is 41.7 Å². The van der Waals surface area contributed by atoms with E-state index >= 15 is 0 Å². The Bertz CT molecular complexity index is 623. The molecular weight excluding hydrogens is 262 g/mol. The summed E-state index contributed by atoms with van der Waals surface area (Å²) in [5.41, 5.74) is 6.53. The highest BCUT2D eigenvalue weighted by Crippen LogP contribution is 2.32. The predicted octanol–water partition coefficient (Wildman–Crippen LogP) is 2.96. The molecule has 21 heavy (non-hydrogen) atoms. The highest BCUT2D eigenvalue weighted by molar-refractivity contribution is 5.44. The molecule has 3 heteroatoms. The Hall–Kier alpha value is -1.84. The molecular formula is C18H19NO2. The van der Waals surface area contributed by atoms with Crippen molar-refractivity contribution in [1.82, 2.24) is 5.32 Å². The van der Waals surface area contributed by atoms with Gasteiger partial charge in [0.15, 0.2) is 0 Å². The summed E-state index contributed by atoms with van der Waals surface area (Å²) in [7, 11) is 2.01. The minimum absolute atomic E-state index is 0.210. The van der Waals surface area contributed by atoms with Crippen molar-refractivity contribution < 1.29 is 9.47 Å². The van der Waals surface area contributed by atoms with Gasteiger partial charge in [0.05, 0.1) is 25.9 Å². The van der Waals surface area contributed by atoms with Crippen LogP contribution in [0.1, 0.15) is 33.9 Å². The van der Waals surface area contributed by atoms with E-state index in [0.717, 1.165) is 32.0 Å². The molecule has 1 atom stereocenters. The summed E-state index contributed by atoms with van der Waals surface area (Å²) in [5, 5.41) is 3.44. The third-order valence-electron chi connectivity index (χ3n) is 4.41. The standard InChI is InChI=1S/C18H19NO2/c1-19-18(13-2-3-15-10-20-11-16(15)9-13)14-4-5-17-12(8-14)6-7-21-17/h2-5,8-9,18-19H,6-7,10-11H2,1H3. The number of rotatable bonds is 3. The van der Waals surface area contributed by atoms with Crippen molar-refractivity contribution in [2.75, 3.05) is 13.7 Å². The summed E-state index contributed by atoms with van der Waals surface area (Å²) in [4.78, 5) is 0. The average molecular weight is 281 g/mol. The third-order valence-corrected chi connectivity index (χ3v) is 4.41. The zero-order valence-corrected chi connectivity index (χ0v) is 12.2. The second kappa shape index (κ2) is 5.17. The van der Waals surface area contributed by atoms with Gasteiger partial charge in [-0.2, -0.15) is 0 Å². The van der Waals surface area contributed by atoms with E-state index in [0.29, 0.717) is 0 Å². The largest absolute Gasteiger partial charge is 0.493 e. The normalized spacial score (nSPS) is 17.2. The van der Waals surface area contributed by atoms with E-state index in [4.69, 9.17) is 9.47 Å². The fraction of sp³-hybridized carbons (Fsp3) is 0.333. The number of hydrogen-bond donors (Lipinski definition) is 1. The van der Waals surface area contributed by atoms with E-state index in [1.165, 1.54) is 27.8 Å². The number of nitrogens with one attached hydrogen (secondary N) is 1. The molecule has 0 spiro atoms. The summed E-state index contributed by atoms with van der Waals surface area (Å²) in [6, 6.07) is 13.4. The van der Waals surface area contributed by atoms with Crippen molar-refractivity contribution in [1.29, 1.82) is 0 Å². The molecule has 0 saturated heterocycles. The van der Waals surface area contributed by atoms with Crippen LogP contribution in [0.5, 0.6) is 5.75 Å². The summed E-state index contributed by atoms with van der Waals surface area (Å²) in [6.07, 6.45) is 1.01. The molecule has 2 aromatic rings. The Labute approximate surface area is 124 Å². The zero-order chi connectivity index (χ0) is 14.2. The van der Waals surface area contributed by atoms with Gasteiger partial charge in [-0.05, 0) is 40.9 Å². The monoisotopic (exact) mass is 281 g/mol.